The fourth-order valence-corrected chi connectivity index (χ4v) is 2.39. The third-order valence-electron chi connectivity index (χ3n) is 3.50. The molecule has 2 aromatic rings. The zero-order valence-electron chi connectivity index (χ0n) is 12.4. The van der Waals surface area contributed by atoms with Gasteiger partial charge in [-0.25, -0.2) is 0 Å². The second-order valence-electron chi connectivity index (χ2n) is 4.81. The van der Waals surface area contributed by atoms with Crippen molar-refractivity contribution < 1.29 is 9.32 Å². The van der Waals surface area contributed by atoms with Crippen molar-refractivity contribution in [3.05, 3.63) is 46.3 Å². The third kappa shape index (κ3) is 2.59. The Morgan fingerprint density at radius 1 is 1.20 bits per heavy atom. The molecule has 2 rings (SSSR count). The first-order valence-corrected chi connectivity index (χ1v) is 6.93. The third-order valence-corrected chi connectivity index (χ3v) is 3.50. The molecule has 1 N–H and O–H groups in total. The van der Waals surface area contributed by atoms with Crippen molar-refractivity contribution in [1.29, 1.82) is 0 Å². The first-order chi connectivity index (χ1) is 9.58. The smallest absolute Gasteiger partial charge is 0.261 e. The van der Waals surface area contributed by atoms with Gasteiger partial charge in [-0.2, -0.15) is 0 Å². The lowest BCUT2D eigenvalue weighted by atomic mass is 10.0. The van der Waals surface area contributed by atoms with Crippen LogP contribution in [0.4, 0.5) is 5.69 Å². The fourth-order valence-electron chi connectivity index (χ4n) is 2.39. The second kappa shape index (κ2) is 5.90. The minimum atomic E-state index is -0.156. The summed E-state index contributed by atoms with van der Waals surface area (Å²) in [5, 5.41) is 6.85. The minimum absolute atomic E-state index is 0.156. The average Bonchev–Trinajstić information content (AvgIpc) is 2.78. The summed E-state index contributed by atoms with van der Waals surface area (Å²) in [6.45, 7) is 7.69. The molecule has 1 amide bonds. The molecule has 0 unspecified atom stereocenters. The van der Waals surface area contributed by atoms with E-state index < -0.39 is 0 Å². The maximum atomic E-state index is 12.4. The summed E-state index contributed by atoms with van der Waals surface area (Å²) in [7, 11) is 0. The Morgan fingerprint density at radius 2 is 1.80 bits per heavy atom. The molecule has 1 aromatic carbocycles. The molecule has 4 heteroatoms. The van der Waals surface area contributed by atoms with Crippen molar-refractivity contribution in [2.24, 2.45) is 0 Å². The van der Waals surface area contributed by atoms with Gasteiger partial charge in [0, 0.05) is 5.69 Å². The SMILES string of the molecule is CCc1cccc(CC)c1NC(=O)c1c(C)noc1C. The number of nitrogens with one attached hydrogen (secondary N) is 1. The van der Waals surface area contributed by atoms with Crippen LogP contribution in [0.1, 0.15) is 46.8 Å². The molecule has 0 fully saturated rings. The molecule has 1 heterocycles. The zero-order valence-corrected chi connectivity index (χ0v) is 12.4. The number of hydrogen-bond donors (Lipinski definition) is 1. The Balaban J connectivity index is 2.37. The summed E-state index contributed by atoms with van der Waals surface area (Å²) in [5.74, 6) is 0.392. The summed E-state index contributed by atoms with van der Waals surface area (Å²) in [4.78, 5) is 12.4. The van der Waals surface area contributed by atoms with Crippen LogP contribution in [0.25, 0.3) is 0 Å². The standard InChI is InChI=1S/C16H20N2O2/c1-5-12-8-7-9-13(6-2)15(12)17-16(19)14-10(3)18-20-11(14)4/h7-9H,5-6H2,1-4H3,(H,17,19). The molecule has 0 saturated carbocycles. The number of carbonyl (C=O) groups is 1. The summed E-state index contributed by atoms with van der Waals surface area (Å²) < 4.78 is 5.06. The van der Waals surface area contributed by atoms with Crippen LogP contribution in [0.2, 0.25) is 0 Å². The van der Waals surface area contributed by atoms with Gasteiger partial charge in [0.15, 0.2) is 0 Å². The lowest BCUT2D eigenvalue weighted by Crippen LogP contribution is -2.16. The summed E-state index contributed by atoms with van der Waals surface area (Å²) >= 11 is 0. The molecule has 106 valence electrons. The Morgan fingerprint density at radius 3 is 2.25 bits per heavy atom. The van der Waals surface area contributed by atoms with E-state index in [9.17, 15) is 4.79 Å². The molecule has 20 heavy (non-hydrogen) atoms. The first-order valence-electron chi connectivity index (χ1n) is 6.93. The van der Waals surface area contributed by atoms with Gasteiger partial charge in [0.2, 0.25) is 0 Å². The van der Waals surface area contributed by atoms with Crippen LogP contribution in [-0.4, -0.2) is 11.1 Å². The molecule has 4 nitrogen and oxygen atoms in total. The molecule has 0 spiro atoms. The van der Waals surface area contributed by atoms with Gasteiger partial charge in [0.05, 0.1) is 5.69 Å². The minimum Gasteiger partial charge on any atom is -0.361 e. The molecule has 0 aliphatic carbocycles. The Labute approximate surface area is 119 Å². The topological polar surface area (TPSA) is 55.1 Å². The van der Waals surface area contributed by atoms with Gasteiger partial charge in [-0.05, 0) is 37.8 Å². The van der Waals surface area contributed by atoms with Crippen molar-refractivity contribution in [2.45, 2.75) is 40.5 Å². The number of benzene rings is 1. The van der Waals surface area contributed by atoms with Crippen LogP contribution >= 0.6 is 0 Å². The van der Waals surface area contributed by atoms with Crippen LogP contribution < -0.4 is 5.32 Å². The fraction of sp³-hybridized carbons (Fsp3) is 0.375. The largest absolute Gasteiger partial charge is 0.361 e. The zero-order chi connectivity index (χ0) is 14.7. The molecule has 0 aliphatic heterocycles. The highest BCUT2D eigenvalue weighted by Gasteiger charge is 2.19. The lowest BCUT2D eigenvalue weighted by molar-refractivity contribution is 0.102. The Bertz CT molecular complexity index is 588. The van der Waals surface area contributed by atoms with Gasteiger partial charge >= 0.3 is 0 Å². The van der Waals surface area contributed by atoms with Crippen LogP contribution in [-0.2, 0) is 12.8 Å². The van der Waals surface area contributed by atoms with Gasteiger partial charge in [0.25, 0.3) is 5.91 Å². The molecule has 0 bridgehead atoms. The predicted molar refractivity (Wildman–Crippen MR) is 79.1 cm³/mol. The lowest BCUT2D eigenvalue weighted by Gasteiger charge is -2.14. The number of aryl methyl sites for hydroxylation is 4. The average molecular weight is 272 g/mol. The van der Waals surface area contributed by atoms with Gasteiger partial charge < -0.3 is 9.84 Å². The number of hydrogen-bond acceptors (Lipinski definition) is 3. The van der Waals surface area contributed by atoms with Gasteiger partial charge in [0.1, 0.15) is 11.3 Å². The molecule has 0 radical (unpaired) electrons. The van der Waals surface area contributed by atoms with Gasteiger partial charge in [-0.3, -0.25) is 4.79 Å². The number of amides is 1. The maximum absolute atomic E-state index is 12.4. The molecule has 0 saturated heterocycles. The van der Waals surface area contributed by atoms with E-state index in [1.54, 1.807) is 13.8 Å². The monoisotopic (exact) mass is 272 g/mol. The molecular formula is C16H20N2O2. The molecule has 0 atom stereocenters. The van der Waals surface area contributed by atoms with E-state index in [1.807, 2.05) is 18.2 Å². The molecular weight excluding hydrogens is 252 g/mol. The van der Waals surface area contributed by atoms with E-state index in [-0.39, 0.29) is 5.91 Å². The van der Waals surface area contributed by atoms with Crippen molar-refractivity contribution in [1.82, 2.24) is 5.16 Å². The van der Waals surface area contributed by atoms with Crippen LogP contribution in [0.15, 0.2) is 22.7 Å². The number of rotatable bonds is 4. The Hall–Kier alpha value is -2.10. The van der Waals surface area contributed by atoms with Crippen LogP contribution in [0.3, 0.4) is 0 Å². The number of nitrogens with zero attached hydrogens (tertiary/aromatic N) is 1. The van der Waals surface area contributed by atoms with Crippen molar-refractivity contribution in [2.75, 3.05) is 5.32 Å². The van der Waals surface area contributed by atoms with Crippen molar-refractivity contribution in [3.8, 4) is 0 Å². The second-order valence-corrected chi connectivity index (χ2v) is 4.81. The van der Waals surface area contributed by atoms with Crippen molar-refractivity contribution >= 4 is 11.6 Å². The number of para-hydroxylation sites is 1. The van der Waals surface area contributed by atoms with E-state index in [0.29, 0.717) is 17.0 Å². The molecule has 0 aliphatic rings. The predicted octanol–water partition coefficient (Wildman–Crippen LogP) is 3.67. The quantitative estimate of drug-likeness (QED) is 0.924. The highest BCUT2D eigenvalue weighted by atomic mass is 16.5. The first kappa shape index (κ1) is 14.3. The van der Waals surface area contributed by atoms with Crippen LogP contribution in [0, 0.1) is 13.8 Å². The summed E-state index contributed by atoms with van der Waals surface area (Å²) in [6.07, 6.45) is 1.76. The summed E-state index contributed by atoms with van der Waals surface area (Å²) in [6, 6.07) is 6.12. The summed E-state index contributed by atoms with van der Waals surface area (Å²) in [5.41, 5.74) is 4.35. The van der Waals surface area contributed by atoms with E-state index >= 15 is 0 Å². The highest BCUT2D eigenvalue weighted by molar-refractivity contribution is 6.06. The number of carbonyl (C=O) groups excluding carboxylic acids is 1. The molecule has 1 aromatic heterocycles. The number of anilines is 1. The van der Waals surface area contributed by atoms with Crippen LogP contribution in [0.5, 0.6) is 0 Å². The van der Waals surface area contributed by atoms with E-state index in [2.05, 4.69) is 24.3 Å². The van der Waals surface area contributed by atoms with E-state index in [4.69, 9.17) is 4.52 Å². The van der Waals surface area contributed by atoms with Crippen molar-refractivity contribution in [3.63, 3.8) is 0 Å². The maximum Gasteiger partial charge on any atom is 0.261 e. The van der Waals surface area contributed by atoms with Gasteiger partial charge in [-0.15, -0.1) is 0 Å². The van der Waals surface area contributed by atoms with E-state index in [1.165, 1.54) is 0 Å². The Kier molecular flexibility index (Phi) is 4.23. The number of aromatic nitrogens is 1. The normalized spacial score (nSPS) is 10.6. The highest BCUT2D eigenvalue weighted by Crippen LogP contribution is 2.24. The van der Waals surface area contributed by atoms with E-state index in [0.717, 1.165) is 29.7 Å². The van der Waals surface area contributed by atoms with Gasteiger partial charge in [-0.1, -0.05) is 37.2 Å².